The Morgan fingerprint density at radius 2 is 1.63 bits per heavy atom. The minimum atomic E-state index is -0.0629. The van der Waals surface area contributed by atoms with E-state index in [4.69, 9.17) is 10.5 Å². The lowest BCUT2D eigenvalue weighted by molar-refractivity contribution is 0.108. The van der Waals surface area contributed by atoms with Crippen LogP contribution >= 0.6 is 0 Å². The summed E-state index contributed by atoms with van der Waals surface area (Å²) in [7, 11) is 0. The molecule has 2 N–H and O–H groups in total. The van der Waals surface area contributed by atoms with Crippen molar-refractivity contribution in [2.45, 2.75) is 26.5 Å². The zero-order valence-corrected chi connectivity index (χ0v) is 11.6. The van der Waals surface area contributed by atoms with Gasteiger partial charge >= 0.3 is 0 Å². The fourth-order valence-electron chi connectivity index (χ4n) is 2.25. The van der Waals surface area contributed by atoms with Crippen LogP contribution in [-0.4, -0.2) is 6.61 Å². The third kappa shape index (κ3) is 4.19. The molecule has 2 aromatic carbocycles. The molecule has 0 radical (unpaired) electrons. The van der Waals surface area contributed by atoms with Gasteiger partial charge in [-0.25, -0.2) is 0 Å². The Morgan fingerprint density at radius 1 is 1.00 bits per heavy atom. The predicted molar refractivity (Wildman–Crippen MR) is 78.9 cm³/mol. The normalized spacial score (nSPS) is 12.4. The van der Waals surface area contributed by atoms with Crippen molar-refractivity contribution >= 4 is 0 Å². The zero-order chi connectivity index (χ0) is 13.7. The quantitative estimate of drug-likeness (QED) is 0.887. The molecule has 0 aliphatic carbocycles. The zero-order valence-electron chi connectivity index (χ0n) is 11.6. The lowest BCUT2D eigenvalue weighted by atomic mass is 10.1. The van der Waals surface area contributed by atoms with Gasteiger partial charge in [0.05, 0.1) is 19.3 Å². The van der Waals surface area contributed by atoms with E-state index in [2.05, 4.69) is 32.0 Å². The van der Waals surface area contributed by atoms with Crippen LogP contribution in [0.4, 0.5) is 0 Å². The monoisotopic (exact) mass is 255 g/mol. The van der Waals surface area contributed by atoms with Crippen LogP contribution < -0.4 is 5.73 Å². The highest BCUT2D eigenvalue weighted by Crippen LogP contribution is 2.13. The molecule has 0 unspecified atom stereocenters. The van der Waals surface area contributed by atoms with Crippen LogP contribution in [0.3, 0.4) is 0 Å². The van der Waals surface area contributed by atoms with Gasteiger partial charge in [-0.05, 0) is 25.0 Å². The maximum Gasteiger partial charge on any atom is 0.0718 e. The molecular formula is C17H21NO. The van der Waals surface area contributed by atoms with Crippen molar-refractivity contribution in [2.24, 2.45) is 5.73 Å². The first-order chi connectivity index (χ1) is 9.15. The highest BCUT2D eigenvalue weighted by atomic mass is 16.5. The summed E-state index contributed by atoms with van der Waals surface area (Å²) in [4.78, 5) is 0. The number of hydrogen-bond acceptors (Lipinski definition) is 2. The van der Waals surface area contributed by atoms with Crippen molar-refractivity contribution in [1.29, 1.82) is 0 Å². The van der Waals surface area contributed by atoms with Crippen molar-refractivity contribution in [2.75, 3.05) is 6.61 Å². The summed E-state index contributed by atoms with van der Waals surface area (Å²) in [5.74, 6) is 0. The largest absolute Gasteiger partial charge is 0.375 e. The van der Waals surface area contributed by atoms with Gasteiger partial charge in [0, 0.05) is 0 Å². The van der Waals surface area contributed by atoms with E-state index in [0.29, 0.717) is 13.2 Å². The molecule has 0 aromatic heterocycles. The molecular weight excluding hydrogens is 234 g/mol. The summed E-state index contributed by atoms with van der Waals surface area (Å²) in [5.41, 5.74) is 11.0. The van der Waals surface area contributed by atoms with Gasteiger partial charge in [-0.3, -0.25) is 0 Å². The van der Waals surface area contributed by atoms with E-state index in [1.165, 1.54) is 16.7 Å². The van der Waals surface area contributed by atoms with Gasteiger partial charge < -0.3 is 10.5 Å². The number of benzene rings is 2. The first kappa shape index (κ1) is 13.8. The van der Waals surface area contributed by atoms with Gasteiger partial charge in [0.25, 0.3) is 0 Å². The molecule has 0 saturated carbocycles. The van der Waals surface area contributed by atoms with Crippen LogP contribution in [0.25, 0.3) is 0 Å². The summed E-state index contributed by atoms with van der Waals surface area (Å²) in [6.45, 7) is 5.36. The Hall–Kier alpha value is -1.64. The molecule has 1 atom stereocenters. The Bertz CT molecular complexity index is 502. The van der Waals surface area contributed by atoms with Crippen molar-refractivity contribution in [3.8, 4) is 0 Å². The first-order valence-corrected chi connectivity index (χ1v) is 6.60. The van der Waals surface area contributed by atoms with Gasteiger partial charge in [0.2, 0.25) is 0 Å². The minimum absolute atomic E-state index is 0.0629. The second kappa shape index (κ2) is 6.50. The van der Waals surface area contributed by atoms with Crippen molar-refractivity contribution in [1.82, 2.24) is 0 Å². The number of hydrogen-bond donors (Lipinski definition) is 1. The van der Waals surface area contributed by atoms with Crippen LogP contribution in [0.2, 0.25) is 0 Å². The molecule has 0 aliphatic heterocycles. The van der Waals surface area contributed by atoms with E-state index in [1.54, 1.807) is 0 Å². The molecule has 0 bridgehead atoms. The van der Waals surface area contributed by atoms with Gasteiger partial charge in [-0.2, -0.15) is 0 Å². The highest BCUT2D eigenvalue weighted by Gasteiger charge is 2.05. The van der Waals surface area contributed by atoms with Crippen molar-refractivity contribution in [3.05, 3.63) is 70.8 Å². The second-order valence-electron chi connectivity index (χ2n) is 5.03. The highest BCUT2D eigenvalue weighted by molar-refractivity contribution is 5.28. The molecule has 2 aromatic rings. The minimum Gasteiger partial charge on any atom is -0.375 e. The summed E-state index contributed by atoms with van der Waals surface area (Å²) in [6, 6.07) is 16.5. The number of aryl methyl sites for hydroxylation is 2. The van der Waals surface area contributed by atoms with Gasteiger partial charge in [0.1, 0.15) is 0 Å². The Kier molecular flexibility index (Phi) is 4.72. The van der Waals surface area contributed by atoms with Gasteiger partial charge in [-0.1, -0.05) is 59.7 Å². The maximum absolute atomic E-state index is 6.09. The molecule has 0 fully saturated rings. The first-order valence-electron chi connectivity index (χ1n) is 6.60. The average Bonchev–Trinajstić information content (AvgIpc) is 2.38. The third-order valence-corrected chi connectivity index (χ3v) is 3.08. The molecule has 2 heteroatoms. The van der Waals surface area contributed by atoms with E-state index < -0.39 is 0 Å². The third-order valence-electron chi connectivity index (χ3n) is 3.08. The molecule has 2 rings (SSSR count). The molecule has 0 amide bonds. The lowest BCUT2D eigenvalue weighted by Gasteiger charge is -2.13. The molecule has 100 valence electrons. The predicted octanol–water partition coefficient (Wildman–Crippen LogP) is 3.52. The molecule has 0 saturated heterocycles. The Morgan fingerprint density at radius 3 is 2.26 bits per heavy atom. The van der Waals surface area contributed by atoms with Crippen LogP contribution in [0, 0.1) is 13.8 Å². The van der Waals surface area contributed by atoms with E-state index in [9.17, 15) is 0 Å². The van der Waals surface area contributed by atoms with E-state index in [0.717, 1.165) is 5.56 Å². The molecule has 2 nitrogen and oxygen atoms in total. The van der Waals surface area contributed by atoms with E-state index in [1.807, 2.05) is 30.3 Å². The SMILES string of the molecule is Cc1cc(C)cc(COC[C@@H](N)c2ccccc2)c1. The fraction of sp³-hybridized carbons (Fsp3) is 0.294. The summed E-state index contributed by atoms with van der Waals surface area (Å²) >= 11 is 0. The summed E-state index contributed by atoms with van der Waals surface area (Å²) in [5, 5.41) is 0. The molecule has 0 heterocycles. The van der Waals surface area contributed by atoms with Gasteiger partial charge in [0.15, 0.2) is 0 Å². The fourth-order valence-corrected chi connectivity index (χ4v) is 2.25. The topological polar surface area (TPSA) is 35.2 Å². The van der Waals surface area contributed by atoms with E-state index in [-0.39, 0.29) is 6.04 Å². The van der Waals surface area contributed by atoms with Crippen LogP contribution in [0.1, 0.15) is 28.3 Å². The Labute approximate surface area is 115 Å². The molecule has 0 aliphatic rings. The number of ether oxygens (including phenoxy) is 1. The van der Waals surface area contributed by atoms with Crippen LogP contribution in [0.15, 0.2) is 48.5 Å². The smallest absolute Gasteiger partial charge is 0.0718 e. The van der Waals surface area contributed by atoms with E-state index >= 15 is 0 Å². The number of rotatable bonds is 5. The van der Waals surface area contributed by atoms with Crippen molar-refractivity contribution in [3.63, 3.8) is 0 Å². The summed E-state index contributed by atoms with van der Waals surface area (Å²) in [6.07, 6.45) is 0. The lowest BCUT2D eigenvalue weighted by Crippen LogP contribution is -2.16. The summed E-state index contributed by atoms with van der Waals surface area (Å²) < 4.78 is 5.72. The van der Waals surface area contributed by atoms with Gasteiger partial charge in [-0.15, -0.1) is 0 Å². The van der Waals surface area contributed by atoms with Crippen molar-refractivity contribution < 1.29 is 4.74 Å². The van der Waals surface area contributed by atoms with Crippen LogP contribution in [0.5, 0.6) is 0 Å². The second-order valence-corrected chi connectivity index (χ2v) is 5.03. The molecule has 19 heavy (non-hydrogen) atoms. The maximum atomic E-state index is 6.09. The average molecular weight is 255 g/mol. The molecule has 0 spiro atoms. The van der Waals surface area contributed by atoms with Crippen LogP contribution in [-0.2, 0) is 11.3 Å². The Balaban J connectivity index is 1.86. The number of nitrogens with two attached hydrogens (primary N) is 1. The standard InChI is InChI=1S/C17H21NO/c1-13-8-14(2)10-15(9-13)11-19-12-17(18)16-6-4-3-5-7-16/h3-10,17H,11-12,18H2,1-2H3/t17-/m1/s1.